The van der Waals surface area contributed by atoms with Crippen molar-refractivity contribution in [3.63, 3.8) is 0 Å². The van der Waals surface area contributed by atoms with Gasteiger partial charge in [-0.2, -0.15) is 18.2 Å². The van der Waals surface area contributed by atoms with Gasteiger partial charge in [-0.3, -0.25) is 4.79 Å². The number of aromatic nitrogens is 2. The minimum atomic E-state index is -4.61. The fourth-order valence-corrected chi connectivity index (χ4v) is 2.39. The molecule has 3 aromatic rings. The van der Waals surface area contributed by atoms with Gasteiger partial charge in [0.15, 0.2) is 5.82 Å². The summed E-state index contributed by atoms with van der Waals surface area (Å²) < 4.78 is 44.0. The zero-order chi connectivity index (χ0) is 18.6. The van der Waals surface area contributed by atoms with Crippen LogP contribution in [-0.4, -0.2) is 16.0 Å². The third kappa shape index (κ3) is 4.27. The van der Waals surface area contributed by atoms with Crippen molar-refractivity contribution in [3.8, 4) is 0 Å². The van der Waals surface area contributed by atoms with Crippen LogP contribution in [0, 0.1) is 0 Å². The van der Waals surface area contributed by atoms with Gasteiger partial charge in [-0.1, -0.05) is 47.6 Å². The molecule has 0 aliphatic carbocycles. The van der Waals surface area contributed by atoms with E-state index < -0.39 is 23.2 Å². The van der Waals surface area contributed by atoms with Crippen LogP contribution in [0.4, 0.5) is 13.2 Å². The molecule has 3 rings (SSSR count). The topological polar surface area (TPSA) is 68.0 Å². The smallest absolute Gasteiger partial charge is 0.345 e. The van der Waals surface area contributed by atoms with E-state index in [4.69, 9.17) is 4.52 Å². The molecule has 5 nitrogen and oxygen atoms in total. The van der Waals surface area contributed by atoms with Gasteiger partial charge >= 0.3 is 6.18 Å². The van der Waals surface area contributed by atoms with Crippen molar-refractivity contribution in [3.05, 3.63) is 83.0 Å². The molecule has 0 unspecified atom stereocenters. The lowest BCUT2D eigenvalue weighted by molar-refractivity contribution is -0.137. The first-order chi connectivity index (χ1) is 12.4. The summed E-state index contributed by atoms with van der Waals surface area (Å²) in [4.78, 5) is 16.2. The van der Waals surface area contributed by atoms with Gasteiger partial charge in [0.2, 0.25) is 5.89 Å². The zero-order valence-corrected chi connectivity index (χ0v) is 13.5. The molecule has 0 saturated carbocycles. The highest BCUT2D eigenvalue weighted by atomic mass is 19.4. The maximum atomic E-state index is 13.0. The van der Waals surface area contributed by atoms with E-state index in [1.807, 2.05) is 30.3 Å². The number of hydrogen-bond acceptors (Lipinski definition) is 4. The molecule has 0 fully saturated rings. The normalized spacial score (nSPS) is 11.3. The fourth-order valence-electron chi connectivity index (χ4n) is 2.39. The number of nitrogens with zero attached hydrogens (tertiary/aromatic N) is 2. The van der Waals surface area contributed by atoms with Crippen LogP contribution >= 0.6 is 0 Å². The van der Waals surface area contributed by atoms with Crippen LogP contribution in [0.5, 0.6) is 0 Å². The van der Waals surface area contributed by atoms with E-state index in [2.05, 4.69) is 15.5 Å². The lowest BCUT2D eigenvalue weighted by Gasteiger charge is -2.11. The minimum absolute atomic E-state index is 0.136. The summed E-state index contributed by atoms with van der Waals surface area (Å²) in [6.07, 6.45) is -4.18. The van der Waals surface area contributed by atoms with Gasteiger partial charge in [-0.25, -0.2) is 0 Å². The van der Waals surface area contributed by atoms with Crippen molar-refractivity contribution >= 4 is 5.91 Å². The average Bonchev–Trinajstić information content (AvgIpc) is 3.07. The molecule has 0 aliphatic rings. The highest BCUT2D eigenvalue weighted by Gasteiger charge is 2.34. The fraction of sp³-hybridized carbons (Fsp3) is 0.167. The Labute approximate surface area is 146 Å². The van der Waals surface area contributed by atoms with E-state index in [0.717, 1.165) is 17.7 Å². The van der Waals surface area contributed by atoms with Gasteiger partial charge in [-0.15, -0.1) is 0 Å². The summed E-state index contributed by atoms with van der Waals surface area (Å²) in [6.45, 7) is -0.136. The Balaban J connectivity index is 1.64. The van der Waals surface area contributed by atoms with Crippen LogP contribution in [0.3, 0.4) is 0 Å². The summed E-state index contributed by atoms with van der Waals surface area (Å²) in [5.41, 5.74) is -0.464. The molecule has 1 aromatic heterocycles. The number of halogens is 3. The molecule has 1 heterocycles. The zero-order valence-electron chi connectivity index (χ0n) is 13.5. The molecule has 0 atom stereocenters. The highest BCUT2D eigenvalue weighted by molar-refractivity contribution is 5.95. The van der Waals surface area contributed by atoms with Crippen LogP contribution in [0.1, 0.15) is 33.2 Å². The second kappa shape index (κ2) is 7.38. The van der Waals surface area contributed by atoms with Crippen molar-refractivity contribution in [1.29, 1.82) is 0 Å². The lowest BCUT2D eigenvalue weighted by atomic mass is 10.1. The standard InChI is InChI=1S/C18H14F3N3O2/c19-18(20,21)14-9-5-4-8-13(14)17(25)22-11-15-23-16(26-24-15)10-12-6-2-1-3-7-12/h1-9H,10-11H2,(H,22,25). The quantitative estimate of drug-likeness (QED) is 0.754. The highest BCUT2D eigenvalue weighted by Crippen LogP contribution is 2.31. The van der Waals surface area contributed by atoms with E-state index in [-0.39, 0.29) is 12.4 Å². The van der Waals surface area contributed by atoms with E-state index in [9.17, 15) is 18.0 Å². The molecular weight excluding hydrogens is 347 g/mol. The first-order valence-corrected chi connectivity index (χ1v) is 7.73. The SMILES string of the molecule is O=C(NCc1noc(Cc2ccccc2)n1)c1ccccc1C(F)(F)F. The van der Waals surface area contributed by atoms with Crippen molar-refractivity contribution in [2.45, 2.75) is 19.1 Å². The summed E-state index contributed by atoms with van der Waals surface area (Å²) in [5.74, 6) is -0.308. The average molecular weight is 361 g/mol. The van der Waals surface area contributed by atoms with E-state index >= 15 is 0 Å². The monoisotopic (exact) mass is 361 g/mol. The minimum Gasteiger partial charge on any atom is -0.345 e. The van der Waals surface area contributed by atoms with E-state index in [1.165, 1.54) is 12.1 Å². The van der Waals surface area contributed by atoms with Crippen molar-refractivity contribution < 1.29 is 22.5 Å². The number of benzene rings is 2. The van der Waals surface area contributed by atoms with Crippen LogP contribution in [0.25, 0.3) is 0 Å². The number of carbonyl (C=O) groups excluding carboxylic acids is 1. The molecule has 1 N–H and O–H groups in total. The van der Waals surface area contributed by atoms with Gasteiger partial charge in [0.1, 0.15) is 0 Å². The Kier molecular flexibility index (Phi) is 5.01. The molecule has 0 saturated heterocycles. The van der Waals surface area contributed by atoms with Crippen LogP contribution < -0.4 is 5.32 Å². The molecule has 2 aromatic carbocycles. The number of hydrogen-bond donors (Lipinski definition) is 1. The Hall–Kier alpha value is -3.16. The number of rotatable bonds is 5. The predicted molar refractivity (Wildman–Crippen MR) is 86.2 cm³/mol. The number of carbonyl (C=O) groups is 1. The van der Waals surface area contributed by atoms with E-state index in [1.54, 1.807) is 0 Å². The number of alkyl halides is 3. The van der Waals surface area contributed by atoms with Crippen molar-refractivity contribution in [1.82, 2.24) is 15.5 Å². The molecule has 1 amide bonds. The second-order valence-corrected chi connectivity index (χ2v) is 5.49. The number of amides is 1. The summed E-state index contributed by atoms with van der Waals surface area (Å²) in [7, 11) is 0. The Morgan fingerprint density at radius 1 is 1.04 bits per heavy atom. The van der Waals surface area contributed by atoms with E-state index in [0.29, 0.717) is 12.3 Å². The maximum Gasteiger partial charge on any atom is 0.417 e. The van der Waals surface area contributed by atoms with Crippen LogP contribution in [0.15, 0.2) is 59.1 Å². The van der Waals surface area contributed by atoms with Crippen LogP contribution in [0.2, 0.25) is 0 Å². The Bertz CT molecular complexity index is 892. The van der Waals surface area contributed by atoms with Crippen molar-refractivity contribution in [2.75, 3.05) is 0 Å². The van der Waals surface area contributed by atoms with Gasteiger partial charge in [0, 0.05) is 0 Å². The third-order valence-electron chi connectivity index (χ3n) is 3.59. The first-order valence-electron chi connectivity index (χ1n) is 7.73. The Morgan fingerprint density at radius 2 is 1.73 bits per heavy atom. The molecule has 0 radical (unpaired) electrons. The predicted octanol–water partition coefficient (Wildman–Crippen LogP) is 3.61. The molecule has 0 spiro atoms. The molecule has 0 bridgehead atoms. The summed E-state index contributed by atoms with van der Waals surface area (Å²) in [6, 6.07) is 14.0. The summed E-state index contributed by atoms with van der Waals surface area (Å²) >= 11 is 0. The first kappa shape index (κ1) is 17.7. The second-order valence-electron chi connectivity index (χ2n) is 5.49. The largest absolute Gasteiger partial charge is 0.417 e. The van der Waals surface area contributed by atoms with Crippen molar-refractivity contribution in [2.24, 2.45) is 0 Å². The number of nitrogens with one attached hydrogen (secondary N) is 1. The summed E-state index contributed by atoms with van der Waals surface area (Å²) in [5, 5.41) is 6.11. The molecule has 8 heteroatoms. The van der Waals surface area contributed by atoms with Gasteiger partial charge in [0.05, 0.1) is 24.1 Å². The lowest BCUT2D eigenvalue weighted by Crippen LogP contribution is -2.26. The Morgan fingerprint density at radius 3 is 2.46 bits per heavy atom. The van der Waals surface area contributed by atoms with Gasteiger partial charge < -0.3 is 9.84 Å². The maximum absolute atomic E-state index is 13.0. The van der Waals surface area contributed by atoms with Gasteiger partial charge in [0.25, 0.3) is 5.91 Å². The molecule has 134 valence electrons. The van der Waals surface area contributed by atoms with Crippen LogP contribution in [-0.2, 0) is 19.1 Å². The van der Waals surface area contributed by atoms with Gasteiger partial charge in [-0.05, 0) is 17.7 Å². The third-order valence-corrected chi connectivity index (χ3v) is 3.59. The molecule has 0 aliphatic heterocycles. The molecule has 26 heavy (non-hydrogen) atoms. The molecular formula is C18H14F3N3O2.